The zero-order valence-electron chi connectivity index (χ0n) is 21.0. The Bertz CT molecular complexity index is 1370. The SMILES string of the molecule is CC(C)(C)N(C(=O)O)c1cccc(CNc2nc(Nc3ccccc3)nc(Nc3ccc(F)cc3)n2)n1.Cl. The molecule has 0 atom stereocenters. The molecule has 2 aromatic carbocycles. The highest BCUT2D eigenvalue weighted by Crippen LogP contribution is 2.23. The number of halogens is 2. The van der Waals surface area contributed by atoms with Crippen LogP contribution in [-0.2, 0) is 6.54 Å². The van der Waals surface area contributed by atoms with Crippen LogP contribution in [0.2, 0.25) is 0 Å². The third-order valence-corrected chi connectivity index (χ3v) is 5.08. The summed E-state index contributed by atoms with van der Waals surface area (Å²) in [5, 5.41) is 19.0. The van der Waals surface area contributed by atoms with Crippen LogP contribution >= 0.6 is 12.4 Å². The van der Waals surface area contributed by atoms with Crippen molar-refractivity contribution in [1.82, 2.24) is 19.9 Å². The van der Waals surface area contributed by atoms with Gasteiger partial charge in [0.25, 0.3) is 0 Å². The Morgan fingerprint density at radius 2 is 1.39 bits per heavy atom. The van der Waals surface area contributed by atoms with E-state index in [9.17, 15) is 14.3 Å². The van der Waals surface area contributed by atoms with Gasteiger partial charge in [0, 0.05) is 16.9 Å². The number of aromatic nitrogens is 4. The smallest absolute Gasteiger partial charge is 0.413 e. The normalized spacial score (nSPS) is 10.7. The van der Waals surface area contributed by atoms with Gasteiger partial charge >= 0.3 is 6.09 Å². The second-order valence-electron chi connectivity index (χ2n) is 9.06. The van der Waals surface area contributed by atoms with Crippen molar-refractivity contribution in [2.75, 3.05) is 20.9 Å². The Balaban J connectivity index is 0.00000400. The maximum atomic E-state index is 13.3. The largest absolute Gasteiger partial charge is 0.465 e. The monoisotopic (exact) mass is 538 g/mol. The third-order valence-electron chi connectivity index (χ3n) is 5.08. The molecule has 2 aromatic heterocycles. The number of para-hydroxylation sites is 1. The minimum atomic E-state index is -1.09. The summed E-state index contributed by atoms with van der Waals surface area (Å²) in [5.41, 5.74) is 1.32. The molecule has 1 amide bonds. The lowest BCUT2D eigenvalue weighted by atomic mass is 10.1. The van der Waals surface area contributed by atoms with E-state index in [1.54, 1.807) is 51.1 Å². The number of hydrogen-bond donors (Lipinski definition) is 4. The van der Waals surface area contributed by atoms with Gasteiger partial charge in [0.15, 0.2) is 0 Å². The molecule has 4 aromatic rings. The summed E-state index contributed by atoms with van der Waals surface area (Å²) in [6.45, 7) is 5.64. The van der Waals surface area contributed by atoms with Crippen molar-refractivity contribution in [2.24, 2.45) is 0 Å². The number of carboxylic acid groups (broad SMARTS) is 1. The minimum Gasteiger partial charge on any atom is -0.465 e. The van der Waals surface area contributed by atoms with E-state index < -0.39 is 11.6 Å². The molecule has 4 N–H and O–H groups in total. The number of hydrogen-bond acceptors (Lipinski definition) is 8. The van der Waals surface area contributed by atoms with Crippen LogP contribution in [0.25, 0.3) is 0 Å². The molecule has 0 fully saturated rings. The van der Waals surface area contributed by atoms with E-state index in [2.05, 4.69) is 35.9 Å². The lowest BCUT2D eigenvalue weighted by Crippen LogP contribution is -2.45. The van der Waals surface area contributed by atoms with Crippen molar-refractivity contribution in [3.05, 3.63) is 84.3 Å². The Labute approximate surface area is 225 Å². The van der Waals surface area contributed by atoms with Crippen LogP contribution in [0.3, 0.4) is 0 Å². The van der Waals surface area contributed by atoms with Crippen molar-refractivity contribution in [3.63, 3.8) is 0 Å². The molecule has 12 heteroatoms. The van der Waals surface area contributed by atoms with Crippen molar-refractivity contribution in [3.8, 4) is 0 Å². The fourth-order valence-corrected chi connectivity index (χ4v) is 3.47. The molecule has 0 saturated carbocycles. The lowest BCUT2D eigenvalue weighted by molar-refractivity contribution is 0.195. The second kappa shape index (κ2) is 12.2. The van der Waals surface area contributed by atoms with E-state index in [0.717, 1.165) is 5.69 Å². The van der Waals surface area contributed by atoms with E-state index in [-0.39, 0.29) is 36.7 Å². The number of benzene rings is 2. The van der Waals surface area contributed by atoms with Gasteiger partial charge in [-0.05, 0) is 69.3 Å². The van der Waals surface area contributed by atoms with Crippen LogP contribution in [0, 0.1) is 5.82 Å². The number of nitrogens with zero attached hydrogens (tertiary/aromatic N) is 5. The van der Waals surface area contributed by atoms with Crippen molar-refractivity contribution < 1.29 is 14.3 Å². The summed E-state index contributed by atoms with van der Waals surface area (Å²) in [6, 6.07) is 20.4. The van der Waals surface area contributed by atoms with Crippen LogP contribution < -0.4 is 20.9 Å². The highest BCUT2D eigenvalue weighted by molar-refractivity contribution is 5.86. The first-order chi connectivity index (χ1) is 17.7. The van der Waals surface area contributed by atoms with Gasteiger partial charge in [-0.1, -0.05) is 24.3 Å². The van der Waals surface area contributed by atoms with E-state index in [4.69, 9.17) is 0 Å². The molecule has 10 nitrogen and oxygen atoms in total. The van der Waals surface area contributed by atoms with Gasteiger partial charge in [-0.2, -0.15) is 15.0 Å². The Morgan fingerprint density at radius 1 is 0.816 bits per heavy atom. The summed E-state index contributed by atoms with van der Waals surface area (Å²) in [4.78, 5) is 30.9. The van der Waals surface area contributed by atoms with Gasteiger partial charge < -0.3 is 21.1 Å². The second-order valence-corrected chi connectivity index (χ2v) is 9.06. The average Bonchev–Trinajstić information content (AvgIpc) is 2.84. The zero-order chi connectivity index (χ0) is 26.4. The molecule has 0 aliphatic carbocycles. The van der Waals surface area contributed by atoms with Gasteiger partial charge in [-0.15, -0.1) is 12.4 Å². The maximum Gasteiger partial charge on any atom is 0.413 e. The summed E-state index contributed by atoms with van der Waals surface area (Å²) < 4.78 is 13.3. The summed E-state index contributed by atoms with van der Waals surface area (Å²) in [5.74, 6) is 0.766. The van der Waals surface area contributed by atoms with Crippen LogP contribution in [0.1, 0.15) is 26.5 Å². The molecular formula is C26H28ClFN8O2. The van der Waals surface area contributed by atoms with E-state index in [1.807, 2.05) is 30.3 Å². The molecule has 198 valence electrons. The van der Waals surface area contributed by atoms with Crippen molar-refractivity contribution in [2.45, 2.75) is 32.9 Å². The van der Waals surface area contributed by atoms with Gasteiger partial charge in [0.1, 0.15) is 11.6 Å². The molecule has 0 radical (unpaired) electrons. The summed E-state index contributed by atoms with van der Waals surface area (Å²) in [6.07, 6.45) is -1.09. The molecule has 0 aliphatic heterocycles. The van der Waals surface area contributed by atoms with Crippen LogP contribution in [0.15, 0.2) is 72.8 Å². The molecule has 2 heterocycles. The zero-order valence-corrected chi connectivity index (χ0v) is 21.8. The number of amides is 1. The average molecular weight is 539 g/mol. The van der Waals surface area contributed by atoms with Crippen LogP contribution in [0.4, 0.5) is 44.2 Å². The third kappa shape index (κ3) is 7.50. The van der Waals surface area contributed by atoms with Crippen LogP contribution in [-0.4, -0.2) is 36.7 Å². The number of pyridine rings is 1. The predicted molar refractivity (Wildman–Crippen MR) is 148 cm³/mol. The molecule has 4 rings (SSSR count). The quantitative estimate of drug-likeness (QED) is 0.207. The Hall–Kier alpha value is -4.51. The fourth-order valence-electron chi connectivity index (χ4n) is 3.47. The minimum absolute atomic E-state index is 0. The molecule has 0 saturated heterocycles. The lowest BCUT2D eigenvalue weighted by Gasteiger charge is -2.32. The highest BCUT2D eigenvalue weighted by Gasteiger charge is 2.29. The van der Waals surface area contributed by atoms with Gasteiger partial charge in [-0.25, -0.2) is 14.2 Å². The van der Waals surface area contributed by atoms with Crippen molar-refractivity contribution in [1.29, 1.82) is 0 Å². The van der Waals surface area contributed by atoms with Gasteiger partial charge in [-0.3, -0.25) is 4.90 Å². The number of carbonyl (C=O) groups is 1. The first-order valence-corrected chi connectivity index (χ1v) is 11.5. The number of anilines is 6. The molecule has 0 spiro atoms. The topological polar surface area (TPSA) is 128 Å². The molecule has 0 unspecified atom stereocenters. The molecule has 38 heavy (non-hydrogen) atoms. The maximum absolute atomic E-state index is 13.3. The molecular weight excluding hydrogens is 511 g/mol. The first-order valence-electron chi connectivity index (χ1n) is 11.5. The fraction of sp³-hybridized carbons (Fsp3) is 0.192. The molecule has 0 bridgehead atoms. The van der Waals surface area contributed by atoms with Crippen molar-refractivity contribution >= 4 is 53.5 Å². The first kappa shape index (κ1) is 28.1. The van der Waals surface area contributed by atoms with E-state index in [1.165, 1.54) is 17.0 Å². The highest BCUT2D eigenvalue weighted by atomic mass is 35.5. The van der Waals surface area contributed by atoms with E-state index in [0.29, 0.717) is 23.1 Å². The Kier molecular flexibility index (Phi) is 8.98. The van der Waals surface area contributed by atoms with Gasteiger partial charge in [0.2, 0.25) is 17.8 Å². The summed E-state index contributed by atoms with van der Waals surface area (Å²) in [7, 11) is 0. The standard InChI is InChI=1S/C26H27FN8O2.ClH/c1-26(2,3)35(25(36)37)21-11-7-10-20(29-21)16-28-22-32-23(30-18-8-5-4-6-9-18)34-24(33-22)31-19-14-12-17(27)13-15-19;/h4-15H,16H2,1-3H3,(H,36,37)(H3,28,30,31,32,33,34);1H. The number of nitrogens with one attached hydrogen (secondary N) is 3. The van der Waals surface area contributed by atoms with Gasteiger partial charge in [0.05, 0.1) is 12.2 Å². The van der Waals surface area contributed by atoms with E-state index >= 15 is 0 Å². The Morgan fingerprint density at radius 3 is 1.97 bits per heavy atom. The number of rotatable bonds is 8. The predicted octanol–water partition coefficient (Wildman–Crippen LogP) is 6.21. The molecule has 0 aliphatic rings. The van der Waals surface area contributed by atoms with Crippen LogP contribution in [0.5, 0.6) is 0 Å². The summed E-state index contributed by atoms with van der Waals surface area (Å²) >= 11 is 0.